The van der Waals surface area contributed by atoms with E-state index in [1.54, 1.807) is 32.1 Å². The number of hydrogen-bond donors (Lipinski definition) is 3. The quantitative estimate of drug-likeness (QED) is 0.153. The Kier molecular flexibility index (Phi) is 12.3. The molecule has 0 atom stereocenters. The maximum Gasteiger partial charge on any atom is 0.248 e. The lowest BCUT2D eigenvalue weighted by Gasteiger charge is -2.15. The number of amides is 1. The summed E-state index contributed by atoms with van der Waals surface area (Å²) in [6, 6.07) is 5.64. The van der Waals surface area contributed by atoms with Crippen molar-refractivity contribution in [3.8, 4) is 11.5 Å². The molecule has 3 N–H and O–H groups in total. The van der Waals surface area contributed by atoms with E-state index in [0.29, 0.717) is 36.3 Å². The second-order valence-corrected chi connectivity index (χ2v) is 10.3. The molecule has 0 radical (unpaired) electrons. The molecule has 0 heterocycles. The zero-order valence-electron chi connectivity index (χ0n) is 22.2. The van der Waals surface area contributed by atoms with Crippen molar-refractivity contribution < 1.29 is 14.3 Å². The first-order chi connectivity index (χ1) is 17.8. The molecule has 0 bridgehead atoms. The number of rotatable bonds is 14. The molecule has 0 unspecified atom stereocenters. The van der Waals surface area contributed by atoms with E-state index in [-0.39, 0.29) is 12.5 Å². The van der Waals surface area contributed by atoms with E-state index in [2.05, 4.69) is 23.8 Å². The second kappa shape index (κ2) is 15.2. The van der Waals surface area contributed by atoms with Crippen molar-refractivity contribution in [2.45, 2.75) is 33.2 Å². The Bertz CT molecular complexity index is 1170. The van der Waals surface area contributed by atoms with Crippen LogP contribution in [0.4, 0.5) is 0 Å². The number of aliphatic imine (C=N–C) groups is 1. The van der Waals surface area contributed by atoms with Gasteiger partial charge in [-0.15, -0.1) is 11.8 Å². The van der Waals surface area contributed by atoms with Gasteiger partial charge in [0.15, 0.2) is 0 Å². The minimum atomic E-state index is -0.196. The van der Waals surface area contributed by atoms with E-state index >= 15 is 0 Å². The molecule has 1 amide bonds. The molecule has 2 rings (SSSR count). The van der Waals surface area contributed by atoms with Crippen molar-refractivity contribution in [1.82, 2.24) is 10.6 Å². The topological polar surface area (TPSA) is 95.8 Å². The first-order valence-corrected chi connectivity index (χ1v) is 13.8. The molecule has 0 saturated carbocycles. The number of methoxy groups -OCH3 is 2. The fourth-order valence-electron chi connectivity index (χ4n) is 3.62. The van der Waals surface area contributed by atoms with Gasteiger partial charge in [0.1, 0.15) is 17.3 Å². The van der Waals surface area contributed by atoms with Crippen LogP contribution >= 0.6 is 23.5 Å². The lowest BCUT2D eigenvalue weighted by molar-refractivity contribution is -0.117. The number of carbonyl (C=O) groups excluding carboxylic acids is 1. The highest BCUT2D eigenvalue weighted by Crippen LogP contribution is 2.43. The number of carbonyl (C=O) groups is 1. The van der Waals surface area contributed by atoms with Crippen molar-refractivity contribution in [2.75, 3.05) is 27.0 Å². The Balaban J connectivity index is 2.11. The fourth-order valence-corrected chi connectivity index (χ4v) is 4.97. The van der Waals surface area contributed by atoms with E-state index in [9.17, 15) is 4.79 Å². The molecule has 37 heavy (non-hydrogen) atoms. The highest BCUT2D eigenvalue weighted by molar-refractivity contribution is 8.23. The molecule has 0 aliphatic heterocycles. The molecule has 0 fully saturated rings. The smallest absolute Gasteiger partial charge is 0.248 e. The molecule has 1 aliphatic rings. The van der Waals surface area contributed by atoms with Crippen molar-refractivity contribution in [1.29, 1.82) is 5.41 Å². The Labute approximate surface area is 228 Å². The van der Waals surface area contributed by atoms with Crippen LogP contribution in [-0.4, -0.2) is 45.0 Å². The van der Waals surface area contributed by atoms with Gasteiger partial charge in [-0.25, -0.2) is 0 Å². The van der Waals surface area contributed by atoms with Crippen molar-refractivity contribution >= 4 is 41.5 Å². The van der Waals surface area contributed by atoms with Crippen LogP contribution in [-0.2, 0) is 11.3 Å². The third-order valence-corrected chi connectivity index (χ3v) is 7.80. The number of ether oxygens (including phenoxy) is 2. The van der Waals surface area contributed by atoms with Gasteiger partial charge in [-0.3, -0.25) is 9.79 Å². The number of benzene rings is 1. The van der Waals surface area contributed by atoms with E-state index in [1.807, 2.05) is 44.4 Å². The SMILES string of the molecule is C=C/C=C(/CNC(=O)C1=C(C=N)C(SC(=C)SC)=C(C)C1)NC(CC)=NCc1ccc(OC)cc1OC. The summed E-state index contributed by atoms with van der Waals surface area (Å²) >= 11 is 3.07. The number of hydrogen-bond acceptors (Lipinski definition) is 7. The molecule has 1 aromatic carbocycles. The maximum atomic E-state index is 13.1. The van der Waals surface area contributed by atoms with E-state index < -0.39 is 0 Å². The monoisotopic (exact) mass is 540 g/mol. The predicted molar refractivity (Wildman–Crippen MR) is 159 cm³/mol. The minimum Gasteiger partial charge on any atom is -0.497 e. The van der Waals surface area contributed by atoms with Gasteiger partial charge in [-0.2, -0.15) is 0 Å². The minimum absolute atomic E-state index is 0.196. The summed E-state index contributed by atoms with van der Waals surface area (Å²) in [5.41, 5.74) is 4.01. The van der Waals surface area contributed by atoms with Crippen LogP contribution in [0.25, 0.3) is 0 Å². The maximum absolute atomic E-state index is 13.1. The van der Waals surface area contributed by atoms with Gasteiger partial charge in [-0.05, 0) is 31.4 Å². The summed E-state index contributed by atoms with van der Waals surface area (Å²) < 4.78 is 11.7. The molecular weight excluding hydrogens is 504 g/mol. The van der Waals surface area contributed by atoms with Crippen LogP contribution in [0.1, 0.15) is 32.3 Å². The van der Waals surface area contributed by atoms with Crippen molar-refractivity contribution in [2.24, 2.45) is 4.99 Å². The lowest BCUT2D eigenvalue weighted by atomic mass is 10.1. The fraction of sp³-hybridized carbons (Fsp3) is 0.321. The largest absolute Gasteiger partial charge is 0.497 e. The normalized spacial score (nSPS) is 14.0. The zero-order valence-corrected chi connectivity index (χ0v) is 23.8. The summed E-state index contributed by atoms with van der Waals surface area (Å²) in [5, 5.41) is 14.2. The van der Waals surface area contributed by atoms with Crippen LogP contribution in [0, 0.1) is 5.41 Å². The van der Waals surface area contributed by atoms with Gasteiger partial charge in [0, 0.05) is 56.7 Å². The summed E-state index contributed by atoms with van der Waals surface area (Å²) in [7, 11) is 3.24. The average molecular weight is 541 g/mol. The third kappa shape index (κ3) is 8.43. The highest BCUT2D eigenvalue weighted by Gasteiger charge is 2.26. The van der Waals surface area contributed by atoms with Crippen LogP contribution in [0.3, 0.4) is 0 Å². The standard InChI is InChI=1S/C28H36N4O3S2/c1-8-10-21(32-26(9-2)30-16-20-11-12-22(34-5)14-25(20)35-6)17-31-28(33)23-13-18(3)27(24(23)15-29)37-19(4)36-7/h8,10-12,14-15,29H,1,4,9,13,16-17H2,2-3,5-7H3,(H,30,32)(H,31,33)/b21-10-,29-15?. The number of thioether (sulfide) groups is 2. The molecule has 7 nitrogen and oxygen atoms in total. The Morgan fingerprint density at radius 1 is 1.30 bits per heavy atom. The summed E-state index contributed by atoms with van der Waals surface area (Å²) in [5.74, 6) is 2.01. The van der Waals surface area contributed by atoms with Crippen LogP contribution in [0.15, 0.2) is 80.1 Å². The van der Waals surface area contributed by atoms with Gasteiger partial charge in [0.2, 0.25) is 5.91 Å². The molecule has 1 aromatic rings. The van der Waals surface area contributed by atoms with Crippen LogP contribution < -0.4 is 20.1 Å². The molecule has 0 aromatic heterocycles. The average Bonchev–Trinajstić information content (AvgIpc) is 3.23. The van der Waals surface area contributed by atoms with E-state index in [4.69, 9.17) is 19.9 Å². The molecule has 0 saturated heterocycles. The zero-order chi connectivity index (χ0) is 27.4. The summed E-state index contributed by atoms with van der Waals surface area (Å²) in [6.45, 7) is 12.5. The Morgan fingerprint density at radius 2 is 2.05 bits per heavy atom. The van der Waals surface area contributed by atoms with E-state index in [0.717, 1.165) is 37.6 Å². The van der Waals surface area contributed by atoms with Crippen LogP contribution in [0.2, 0.25) is 0 Å². The van der Waals surface area contributed by atoms with Crippen molar-refractivity contribution in [3.05, 3.63) is 80.6 Å². The molecular formula is C28H36N4O3S2. The molecule has 9 heteroatoms. The van der Waals surface area contributed by atoms with Gasteiger partial charge >= 0.3 is 0 Å². The third-order valence-electron chi connectivity index (χ3n) is 5.59. The summed E-state index contributed by atoms with van der Waals surface area (Å²) in [4.78, 5) is 18.7. The van der Waals surface area contributed by atoms with E-state index in [1.165, 1.54) is 18.0 Å². The number of allylic oxidation sites excluding steroid dienone is 4. The summed E-state index contributed by atoms with van der Waals surface area (Å²) in [6.07, 6.45) is 7.89. The molecule has 0 spiro atoms. The predicted octanol–water partition coefficient (Wildman–Crippen LogP) is 5.98. The molecule has 1 aliphatic carbocycles. The highest BCUT2D eigenvalue weighted by atomic mass is 32.2. The van der Waals surface area contributed by atoms with Gasteiger partial charge in [0.25, 0.3) is 0 Å². The van der Waals surface area contributed by atoms with Gasteiger partial charge in [-0.1, -0.05) is 43.5 Å². The number of nitrogens with zero attached hydrogens (tertiary/aromatic N) is 1. The second-order valence-electron chi connectivity index (χ2n) is 8.03. The first-order valence-electron chi connectivity index (χ1n) is 11.8. The van der Waals surface area contributed by atoms with Crippen molar-refractivity contribution in [3.63, 3.8) is 0 Å². The lowest BCUT2D eigenvalue weighted by Crippen LogP contribution is -2.33. The Hall–Kier alpha value is -3.17. The Morgan fingerprint density at radius 3 is 2.65 bits per heavy atom. The van der Waals surface area contributed by atoms with Gasteiger partial charge < -0.3 is 25.5 Å². The van der Waals surface area contributed by atoms with Crippen LogP contribution in [0.5, 0.6) is 11.5 Å². The first kappa shape index (κ1) is 30.1. The molecule has 198 valence electrons. The number of nitrogens with one attached hydrogen (secondary N) is 3. The number of amidine groups is 1. The van der Waals surface area contributed by atoms with Gasteiger partial charge in [0.05, 0.1) is 27.3 Å².